The Morgan fingerprint density at radius 1 is 1.07 bits per heavy atom. The highest BCUT2D eigenvalue weighted by Crippen LogP contribution is 2.38. The van der Waals surface area contributed by atoms with Crippen molar-refractivity contribution in [2.75, 3.05) is 56.2 Å². The van der Waals surface area contributed by atoms with Gasteiger partial charge in [-0.05, 0) is 71.1 Å². The fourth-order valence-electron chi connectivity index (χ4n) is 6.88. The zero-order valence-corrected chi connectivity index (χ0v) is 27.5. The van der Waals surface area contributed by atoms with Crippen LogP contribution in [-0.4, -0.2) is 84.9 Å². The number of anilines is 2. The molecule has 0 N–H and O–H groups in total. The molecule has 2 atom stereocenters. The number of carbonyl (C=O) groups is 1. The Bertz CT molecular complexity index is 1600. The van der Waals surface area contributed by atoms with Gasteiger partial charge in [0.15, 0.2) is 0 Å². The van der Waals surface area contributed by atoms with Gasteiger partial charge in [0.25, 0.3) is 0 Å². The first-order chi connectivity index (χ1) is 21.6. The molecule has 3 aliphatic rings. The number of nitriles is 1. The largest absolute Gasteiger partial charge is 0.476 e. The van der Waals surface area contributed by atoms with Gasteiger partial charge in [-0.2, -0.15) is 5.26 Å². The predicted octanol–water partition coefficient (Wildman–Crippen LogP) is 6.26. The number of rotatable bonds is 6. The van der Waals surface area contributed by atoms with E-state index in [-0.39, 0.29) is 18.6 Å². The van der Waals surface area contributed by atoms with Gasteiger partial charge in [-0.15, -0.1) is 0 Å². The number of carbonyl (C=O) groups excluding carboxylic acids is 1. The predicted molar refractivity (Wildman–Crippen MR) is 178 cm³/mol. The number of amides is 1. The zero-order chi connectivity index (χ0) is 31.7. The summed E-state index contributed by atoms with van der Waals surface area (Å²) in [6.07, 6.45) is 2.97. The molecule has 2 unspecified atom stereocenters. The van der Waals surface area contributed by atoms with Crippen LogP contribution in [0.3, 0.4) is 0 Å². The number of likely N-dealkylation sites (tertiary alicyclic amines) is 1. The molecule has 0 aliphatic carbocycles. The van der Waals surface area contributed by atoms with E-state index in [0.29, 0.717) is 44.7 Å². The van der Waals surface area contributed by atoms with E-state index in [1.807, 2.05) is 32.9 Å². The van der Waals surface area contributed by atoms with Crippen molar-refractivity contribution in [1.29, 1.82) is 5.26 Å². The van der Waals surface area contributed by atoms with Gasteiger partial charge in [-0.1, -0.05) is 35.9 Å². The van der Waals surface area contributed by atoms with Crippen molar-refractivity contribution in [3.63, 3.8) is 0 Å². The van der Waals surface area contributed by atoms with Crippen molar-refractivity contribution in [3.8, 4) is 11.9 Å². The van der Waals surface area contributed by atoms with Crippen LogP contribution < -0.4 is 14.5 Å². The highest BCUT2D eigenvalue weighted by Gasteiger charge is 2.35. The maximum atomic E-state index is 13.1. The fourth-order valence-corrected chi connectivity index (χ4v) is 7.16. The molecule has 3 aliphatic heterocycles. The quantitative estimate of drug-likeness (QED) is 0.315. The van der Waals surface area contributed by atoms with Crippen LogP contribution in [-0.2, 0) is 17.7 Å². The summed E-state index contributed by atoms with van der Waals surface area (Å²) in [5.41, 5.74) is 3.77. The van der Waals surface area contributed by atoms with Crippen LogP contribution >= 0.6 is 11.6 Å². The van der Waals surface area contributed by atoms with Crippen molar-refractivity contribution in [2.24, 2.45) is 0 Å². The third kappa shape index (κ3) is 6.78. The van der Waals surface area contributed by atoms with Gasteiger partial charge in [0.2, 0.25) is 5.88 Å². The summed E-state index contributed by atoms with van der Waals surface area (Å²) in [5.74, 6) is 0.619. The van der Waals surface area contributed by atoms with E-state index in [9.17, 15) is 10.1 Å². The Morgan fingerprint density at radius 3 is 2.60 bits per heavy atom. The van der Waals surface area contributed by atoms with Gasteiger partial charge < -0.3 is 29.1 Å². The standard InChI is InChI=1S/C35H43ClN6O3/c1-35(2,3)45-34(43)42-19-18-41(21-25(42)13-15-37)31-20-32(44-23-26-10-7-16-39(26)4)38-29-22-40(17-14-27(29)31)30-12-6-9-24-8-5-11-28(36)33(24)30/h5-6,8-9,11-12,20,25-26H,7,10,13-14,16-19,21-23H2,1-4H3. The number of likely N-dealkylation sites (N-methyl/N-ethyl adjacent to an activating group) is 1. The normalized spacial score (nSPS) is 20.7. The first-order valence-electron chi connectivity index (χ1n) is 16.0. The first-order valence-corrected chi connectivity index (χ1v) is 16.4. The van der Waals surface area contributed by atoms with Crippen LogP contribution in [0.1, 0.15) is 51.3 Å². The lowest BCUT2D eigenvalue weighted by Gasteiger charge is -2.43. The topological polar surface area (TPSA) is 85.2 Å². The molecule has 0 saturated carbocycles. The van der Waals surface area contributed by atoms with E-state index in [0.717, 1.165) is 58.8 Å². The second-order valence-electron chi connectivity index (χ2n) is 13.4. The van der Waals surface area contributed by atoms with Crippen LogP contribution in [0.2, 0.25) is 5.02 Å². The van der Waals surface area contributed by atoms with E-state index in [2.05, 4.69) is 58.1 Å². The minimum Gasteiger partial charge on any atom is -0.476 e. The number of fused-ring (bicyclic) bond motifs is 2. The molecule has 4 heterocycles. The summed E-state index contributed by atoms with van der Waals surface area (Å²) in [6, 6.07) is 16.8. The number of hydrogen-bond donors (Lipinski definition) is 0. The lowest BCUT2D eigenvalue weighted by Crippen LogP contribution is -2.56. The van der Waals surface area contributed by atoms with Crippen LogP contribution in [0, 0.1) is 11.3 Å². The van der Waals surface area contributed by atoms with Crippen LogP contribution in [0.25, 0.3) is 10.8 Å². The third-order valence-corrected chi connectivity index (χ3v) is 9.50. The van der Waals surface area contributed by atoms with Gasteiger partial charge in [-0.25, -0.2) is 9.78 Å². The van der Waals surface area contributed by atoms with Crippen LogP contribution in [0.4, 0.5) is 16.2 Å². The van der Waals surface area contributed by atoms with Gasteiger partial charge in [0.1, 0.15) is 12.2 Å². The Balaban J connectivity index is 1.32. The van der Waals surface area contributed by atoms with Crippen molar-refractivity contribution in [3.05, 3.63) is 58.7 Å². The molecule has 2 fully saturated rings. The molecule has 2 saturated heterocycles. The number of piperazine rings is 1. The molecule has 238 valence electrons. The van der Waals surface area contributed by atoms with Crippen LogP contribution in [0.5, 0.6) is 5.88 Å². The van der Waals surface area contributed by atoms with Crippen molar-refractivity contribution in [2.45, 2.75) is 70.7 Å². The number of nitrogens with zero attached hydrogens (tertiary/aromatic N) is 6. The highest BCUT2D eigenvalue weighted by atomic mass is 35.5. The highest BCUT2D eigenvalue weighted by molar-refractivity contribution is 6.36. The molecule has 0 spiro atoms. The number of pyridine rings is 1. The average Bonchev–Trinajstić information content (AvgIpc) is 3.42. The van der Waals surface area contributed by atoms with E-state index < -0.39 is 5.60 Å². The molecule has 9 nitrogen and oxygen atoms in total. The number of hydrogen-bond acceptors (Lipinski definition) is 8. The summed E-state index contributed by atoms with van der Waals surface area (Å²) in [7, 11) is 2.15. The number of benzene rings is 2. The Kier molecular flexibility index (Phi) is 8.98. The monoisotopic (exact) mass is 630 g/mol. The second-order valence-corrected chi connectivity index (χ2v) is 13.8. The zero-order valence-electron chi connectivity index (χ0n) is 26.8. The number of ether oxygens (including phenoxy) is 2. The lowest BCUT2D eigenvalue weighted by molar-refractivity contribution is 0.0145. The van der Waals surface area contributed by atoms with E-state index in [1.165, 1.54) is 12.0 Å². The van der Waals surface area contributed by atoms with Crippen molar-refractivity contribution >= 4 is 39.8 Å². The summed E-state index contributed by atoms with van der Waals surface area (Å²) in [5, 5.41) is 12.6. The Labute approximate surface area is 271 Å². The number of halogens is 1. The minimum absolute atomic E-state index is 0.232. The molecule has 1 amide bonds. The van der Waals surface area contributed by atoms with Crippen molar-refractivity contribution in [1.82, 2.24) is 14.8 Å². The summed E-state index contributed by atoms with van der Waals surface area (Å²) >= 11 is 6.72. The molecule has 2 aromatic carbocycles. The van der Waals surface area contributed by atoms with E-state index >= 15 is 0 Å². The van der Waals surface area contributed by atoms with Crippen LogP contribution in [0.15, 0.2) is 42.5 Å². The third-order valence-electron chi connectivity index (χ3n) is 9.18. The van der Waals surface area contributed by atoms with Gasteiger partial charge in [0, 0.05) is 60.6 Å². The maximum Gasteiger partial charge on any atom is 0.410 e. The van der Waals surface area contributed by atoms with E-state index in [1.54, 1.807) is 4.90 Å². The first kappa shape index (κ1) is 31.3. The lowest BCUT2D eigenvalue weighted by atomic mass is 9.99. The molecule has 45 heavy (non-hydrogen) atoms. The average molecular weight is 631 g/mol. The summed E-state index contributed by atoms with van der Waals surface area (Å²) in [4.78, 5) is 26.9. The molecule has 0 radical (unpaired) electrons. The summed E-state index contributed by atoms with van der Waals surface area (Å²) < 4.78 is 12.1. The van der Waals surface area contributed by atoms with Crippen molar-refractivity contribution < 1.29 is 14.3 Å². The van der Waals surface area contributed by atoms with Gasteiger partial charge >= 0.3 is 6.09 Å². The molecular weight excluding hydrogens is 588 g/mol. The minimum atomic E-state index is -0.602. The summed E-state index contributed by atoms with van der Waals surface area (Å²) in [6.45, 7) is 10.4. The molecule has 3 aromatic rings. The van der Waals surface area contributed by atoms with Gasteiger partial charge in [0.05, 0.1) is 35.8 Å². The second kappa shape index (κ2) is 12.9. The smallest absolute Gasteiger partial charge is 0.410 e. The van der Waals surface area contributed by atoms with E-state index in [4.69, 9.17) is 26.1 Å². The Hall–Kier alpha value is -3.74. The molecule has 6 rings (SSSR count). The van der Waals surface area contributed by atoms with Gasteiger partial charge in [-0.3, -0.25) is 0 Å². The SMILES string of the molecule is CN1CCCC1COc1cc(N2CCN(C(=O)OC(C)(C)C)C(CC#N)C2)c2c(n1)CN(c1cccc3cccc(Cl)c13)CC2. The Morgan fingerprint density at radius 2 is 1.87 bits per heavy atom. The molecular formula is C35H43ClN6O3. The maximum absolute atomic E-state index is 13.1. The molecule has 0 bridgehead atoms. The number of aromatic nitrogens is 1. The molecule has 1 aromatic heterocycles. The fraction of sp³-hybridized carbons (Fsp3) is 0.514. The molecule has 10 heteroatoms.